The number of carbonyl (C=O) groups is 2. The Hall–Kier alpha value is -2.82. The maximum absolute atomic E-state index is 11.7. The Morgan fingerprint density at radius 2 is 1.65 bits per heavy atom. The van der Waals surface area contributed by atoms with E-state index in [0.29, 0.717) is 5.69 Å². The van der Waals surface area contributed by atoms with Crippen LogP contribution in [0.5, 0.6) is 5.75 Å². The highest BCUT2D eigenvalue weighted by Crippen LogP contribution is 2.16. The topological polar surface area (TPSA) is 75.6 Å². The highest BCUT2D eigenvalue weighted by Gasteiger charge is 2.13. The third kappa shape index (κ3) is 3.58. The van der Waals surface area contributed by atoms with Crippen molar-refractivity contribution in [1.29, 1.82) is 0 Å². The fourth-order valence-electron chi connectivity index (χ4n) is 1.57. The second-order valence-electron chi connectivity index (χ2n) is 4.01. The molecule has 0 saturated heterocycles. The summed E-state index contributed by atoms with van der Waals surface area (Å²) < 4.78 is 4.83. The number of esters is 1. The summed E-state index contributed by atoms with van der Waals surface area (Å²) in [5, 5.41) is 12.1. The monoisotopic (exact) mass is 271 g/mol. The quantitative estimate of drug-likeness (QED) is 0.836. The van der Waals surface area contributed by atoms with Crippen molar-refractivity contribution in [2.45, 2.75) is 0 Å². The van der Waals surface area contributed by atoms with E-state index in [4.69, 9.17) is 4.74 Å². The van der Waals surface area contributed by atoms with Gasteiger partial charge in [0, 0.05) is 5.69 Å². The first-order valence-corrected chi connectivity index (χ1v) is 5.97. The number of para-hydroxylation sites is 2. The van der Waals surface area contributed by atoms with Crippen LogP contribution >= 0.6 is 0 Å². The largest absolute Gasteiger partial charge is 0.507 e. The number of carbonyl (C=O) groups excluding carboxylic acids is 2. The van der Waals surface area contributed by atoms with Crippen LogP contribution in [0.3, 0.4) is 0 Å². The Bertz CT molecular complexity index is 610. The number of hydrogen-bond donors (Lipinski definition) is 2. The van der Waals surface area contributed by atoms with E-state index >= 15 is 0 Å². The number of rotatable bonds is 4. The fraction of sp³-hybridized carbons (Fsp3) is 0.0667. The van der Waals surface area contributed by atoms with Crippen LogP contribution in [0.25, 0.3) is 0 Å². The molecule has 2 aromatic rings. The Labute approximate surface area is 115 Å². The molecule has 0 aliphatic heterocycles. The standard InChI is InChI=1S/C15H13NO4/c17-13-9-5-4-8-12(13)15(19)20-10-14(18)16-11-6-2-1-3-7-11/h1-9,17H,10H2,(H,16,18). The number of hydrogen-bond acceptors (Lipinski definition) is 4. The molecule has 1 amide bonds. The first-order chi connectivity index (χ1) is 9.66. The summed E-state index contributed by atoms with van der Waals surface area (Å²) in [6, 6.07) is 14.8. The molecule has 0 radical (unpaired) electrons. The van der Waals surface area contributed by atoms with Crippen LogP contribution in [-0.2, 0) is 9.53 Å². The van der Waals surface area contributed by atoms with Gasteiger partial charge >= 0.3 is 5.97 Å². The number of phenolic OH excluding ortho intramolecular Hbond substituents is 1. The summed E-state index contributed by atoms with van der Waals surface area (Å²) >= 11 is 0. The van der Waals surface area contributed by atoms with E-state index in [1.54, 1.807) is 36.4 Å². The number of amides is 1. The molecule has 5 nitrogen and oxygen atoms in total. The molecule has 0 heterocycles. The molecule has 5 heteroatoms. The van der Waals surface area contributed by atoms with E-state index in [-0.39, 0.29) is 11.3 Å². The van der Waals surface area contributed by atoms with Gasteiger partial charge < -0.3 is 15.2 Å². The number of ether oxygens (including phenoxy) is 1. The molecule has 0 aliphatic carbocycles. The van der Waals surface area contributed by atoms with Gasteiger partial charge in [-0.1, -0.05) is 30.3 Å². The van der Waals surface area contributed by atoms with Crippen LogP contribution in [0.2, 0.25) is 0 Å². The zero-order valence-corrected chi connectivity index (χ0v) is 10.6. The third-order valence-electron chi connectivity index (χ3n) is 2.52. The van der Waals surface area contributed by atoms with Crippen molar-refractivity contribution in [1.82, 2.24) is 0 Å². The summed E-state index contributed by atoms with van der Waals surface area (Å²) in [6.45, 7) is -0.415. The van der Waals surface area contributed by atoms with E-state index in [1.165, 1.54) is 12.1 Å². The van der Waals surface area contributed by atoms with Crippen molar-refractivity contribution in [3.8, 4) is 5.75 Å². The average molecular weight is 271 g/mol. The number of nitrogens with one attached hydrogen (secondary N) is 1. The van der Waals surface area contributed by atoms with Crippen molar-refractivity contribution in [2.75, 3.05) is 11.9 Å². The molecule has 0 bridgehead atoms. The van der Waals surface area contributed by atoms with Gasteiger partial charge in [0.2, 0.25) is 0 Å². The van der Waals surface area contributed by atoms with Gasteiger partial charge in [-0.05, 0) is 24.3 Å². The van der Waals surface area contributed by atoms with Gasteiger partial charge in [0.15, 0.2) is 6.61 Å². The lowest BCUT2D eigenvalue weighted by Crippen LogP contribution is -2.20. The molecule has 2 N–H and O–H groups in total. The smallest absolute Gasteiger partial charge is 0.342 e. The van der Waals surface area contributed by atoms with Crippen LogP contribution in [0.15, 0.2) is 54.6 Å². The Morgan fingerprint density at radius 1 is 1.00 bits per heavy atom. The second kappa shape index (κ2) is 6.38. The minimum absolute atomic E-state index is 0.0278. The van der Waals surface area contributed by atoms with Gasteiger partial charge in [0.1, 0.15) is 11.3 Å². The van der Waals surface area contributed by atoms with Gasteiger partial charge in [-0.3, -0.25) is 4.79 Å². The third-order valence-corrected chi connectivity index (χ3v) is 2.52. The van der Waals surface area contributed by atoms with Gasteiger partial charge in [-0.25, -0.2) is 4.79 Å². The predicted molar refractivity (Wildman–Crippen MR) is 73.5 cm³/mol. The van der Waals surface area contributed by atoms with Crippen LogP contribution in [0.4, 0.5) is 5.69 Å². The van der Waals surface area contributed by atoms with E-state index in [9.17, 15) is 14.7 Å². The lowest BCUT2D eigenvalue weighted by Gasteiger charge is -2.07. The zero-order chi connectivity index (χ0) is 14.4. The van der Waals surface area contributed by atoms with Crippen LogP contribution in [0.1, 0.15) is 10.4 Å². The fourth-order valence-corrected chi connectivity index (χ4v) is 1.57. The van der Waals surface area contributed by atoms with Crippen molar-refractivity contribution in [3.63, 3.8) is 0 Å². The lowest BCUT2D eigenvalue weighted by molar-refractivity contribution is -0.119. The van der Waals surface area contributed by atoms with E-state index in [0.717, 1.165) is 0 Å². The molecule has 102 valence electrons. The summed E-state index contributed by atoms with van der Waals surface area (Å²) in [5.74, 6) is -1.37. The van der Waals surface area contributed by atoms with Crippen LogP contribution < -0.4 is 5.32 Å². The Balaban J connectivity index is 1.88. The summed E-state index contributed by atoms with van der Waals surface area (Å²) in [5.41, 5.74) is 0.649. The highest BCUT2D eigenvalue weighted by molar-refractivity contribution is 5.96. The van der Waals surface area contributed by atoms with Crippen molar-refractivity contribution in [3.05, 3.63) is 60.2 Å². The molecular formula is C15H13NO4. The average Bonchev–Trinajstić information content (AvgIpc) is 2.46. The second-order valence-corrected chi connectivity index (χ2v) is 4.01. The first-order valence-electron chi connectivity index (χ1n) is 5.97. The minimum Gasteiger partial charge on any atom is -0.507 e. The molecule has 0 atom stereocenters. The Kier molecular flexibility index (Phi) is 4.34. The SMILES string of the molecule is O=C(COC(=O)c1ccccc1O)Nc1ccccc1. The van der Waals surface area contributed by atoms with Gasteiger partial charge in [-0.2, -0.15) is 0 Å². The molecule has 0 unspecified atom stereocenters. The molecule has 2 rings (SSSR count). The van der Waals surface area contributed by atoms with E-state index in [1.807, 2.05) is 6.07 Å². The summed E-state index contributed by atoms with van der Waals surface area (Å²) in [7, 11) is 0. The van der Waals surface area contributed by atoms with Crippen molar-refractivity contribution < 1.29 is 19.4 Å². The zero-order valence-electron chi connectivity index (χ0n) is 10.6. The van der Waals surface area contributed by atoms with Crippen LogP contribution in [-0.4, -0.2) is 23.6 Å². The van der Waals surface area contributed by atoms with E-state index in [2.05, 4.69) is 5.32 Å². The molecule has 0 aliphatic rings. The van der Waals surface area contributed by atoms with Gasteiger partial charge in [0.05, 0.1) is 0 Å². The summed E-state index contributed by atoms with van der Waals surface area (Å²) in [6.07, 6.45) is 0. The van der Waals surface area contributed by atoms with Crippen LogP contribution in [0, 0.1) is 0 Å². The highest BCUT2D eigenvalue weighted by atomic mass is 16.5. The molecule has 0 aromatic heterocycles. The number of phenols is 1. The molecule has 2 aromatic carbocycles. The van der Waals surface area contributed by atoms with Crippen molar-refractivity contribution in [2.24, 2.45) is 0 Å². The molecule has 0 fully saturated rings. The number of anilines is 1. The van der Waals surface area contributed by atoms with Gasteiger partial charge in [0.25, 0.3) is 5.91 Å². The maximum atomic E-state index is 11.7. The van der Waals surface area contributed by atoms with Gasteiger partial charge in [-0.15, -0.1) is 0 Å². The summed E-state index contributed by atoms with van der Waals surface area (Å²) in [4.78, 5) is 23.2. The number of aromatic hydroxyl groups is 1. The molecule has 0 spiro atoms. The molecular weight excluding hydrogens is 258 g/mol. The normalized spacial score (nSPS) is 9.80. The first kappa shape index (κ1) is 13.6. The number of benzene rings is 2. The lowest BCUT2D eigenvalue weighted by atomic mass is 10.2. The molecule has 20 heavy (non-hydrogen) atoms. The van der Waals surface area contributed by atoms with Crippen molar-refractivity contribution >= 4 is 17.6 Å². The maximum Gasteiger partial charge on any atom is 0.342 e. The Morgan fingerprint density at radius 3 is 2.35 bits per heavy atom. The van der Waals surface area contributed by atoms with E-state index < -0.39 is 18.5 Å². The molecule has 0 saturated carbocycles. The predicted octanol–water partition coefficient (Wildman–Crippen LogP) is 2.19. The minimum atomic E-state index is -0.744.